The molecular weight excluding hydrogens is 414 g/mol. The van der Waals surface area contributed by atoms with Gasteiger partial charge in [0, 0.05) is 42.3 Å². The molecule has 1 aliphatic rings. The smallest absolute Gasteiger partial charge is 0.254 e. The average molecular weight is 444 g/mol. The zero-order valence-corrected chi connectivity index (χ0v) is 19.1. The van der Waals surface area contributed by atoms with E-state index in [0.29, 0.717) is 18.0 Å². The van der Waals surface area contributed by atoms with E-state index >= 15 is 0 Å². The number of carbonyl (C=O) groups is 1. The number of nitrogens with zero attached hydrogens (tertiary/aromatic N) is 2. The maximum Gasteiger partial charge on any atom is 0.254 e. The molecule has 0 atom stereocenters. The summed E-state index contributed by atoms with van der Waals surface area (Å²) in [7, 11) is 5.35. The normalized spacial score (nSPS) is 12.9. The van der Waals surface area contributed by atoms with Crippen LogP contribution in [0.15, 0.2) is 42.6 Å². The summed E-state index contributed by atoms with van der Waals surface area (Å²) < 4.78 is 10.7. The summed E-state index contributed by atoms with van der Waals surface area (Å²) in [5, 5.41) is 1.30. The molecule has 0 unspecified atom stereocenters. The molecule has 0 aliphatic carbocycles. The Kier molecular flexibility index (Phi) is 7.46. The van der Waals surface area contributed by atoms with Crippen molar-refractivity contribution in [1.29, 1.82) is 0 Å². The lowest BCUT2D eigenvalue weighted by molar-refractivity contribution is 0.0772. The number of hydrogen-bond acceptors (Lipinski definition) is 4. The number of aromatic amines is 1. The van der Waals surface area contributed by atoms with E-state index in [1.807, 2.05) is 11.0 Å². The third-order valence-electron chi connectivity index (χ3n) is 5.89. The first-order valence-corrected chi connectivity index (χ1v) is 10.4. The van der Waals surface area contributed by atoms with Crippen molar-refractivity contribution in [3.63, 3.8) is 0 Å². The van der Waals surface area contributed by atoms with E-state index in [-0.39, 0.29) is 18.3 Å². The summed E-state index contributed by atoms with van der Waals surface area (Å²) in [6.07, 6.45) is 4.06. The molecule has 6 nitrogen and oxygen atoms in total. The Morgan fingerprint density at radius 2 is 1.84 bits per heavy atom. The van der Waals surface area contributed by atoms with Crippen molar-refractivity contribution < 1.29 is 14.3 Å². The molecular formula is C24H30ClN3O3. The minimum atomic E-state index is 0. The summed E-state index contributed by atoms with van der Waals surface area (Å²) in [4.78, 5) is 20.3. The Hall–Kier alpha value is -2.70. The van der Waals surface area contributed by atoms with Crippen LogP contribution >= 0.6 is 12.4 Å². The summed E-state index contributed by atoms with van der Waals surface area (Å²) >= 11 is 0. The highest BCUT2D eigenvalue weighted by Crippen LogP contribution is 2.34. The van der Waals surface area contributed by atoms with Gasteiger partial charge >= 0.3 is 0 Å². The SMILES string of the molecule is COc1cc2c(cc1OC)C(=O)N(CCCN(C)CCc1c[nH]c3ccccc13)C2.Cl. The zero-order valence-electron chi connectivity index (χ0n) is 18.3. The number of aromatic nitrogens is 1. The van der Waals surface area contributed by atoms with E-state index in [9.17, 15) is 4.79 Å². The second-order valence-corrected chi connectivity index (χ2v) is 7.86. The van der Waals surface area contributed by atoms with Gasteiger partial charge in [0.05, 0.1) is 14.2 Å². The Morgan fingerprint density at radius 1 is 1.10 bits per heavy atom. The van der Waals surface area contributed by atoms with E-state index < -0.39 is 0 Å². The molecule has 2 aromatic carbocycles. The predicted molar refractivity (Wildman–Crippen MR) is 126 cm³/mol. The fraction of sp³-hybridized carbons (Fsp3) is 0.375. The number of carbonyl (C=O) groups excluding carboxylic acids is 1. The fourth-order valence-corrected chi connectivity index (χ4v) is 4.17. The van der Waals surface area contributed by atoms with Crippen molar-refractivity contribution in [2.24, 2.45) is 0 Å². The largest absolute Gasteiger partial charge is 0.493 e. The molecule has 0 spiro atoms. The van der Waals surface area contributed by atoms with Crippen molar-refractivity contribution in [2.45, 2.75) is 19.4 Å². The van der Waals surface area contributed by atoms with Crippen LogP contribution in [0.3, 0.4) is 0 Å². The van der Waals surface area contributed by atoms with Crippen LogP contribution in [0.4, 0.5) is 0 Å². The number of rotatable bonds is 9. The number of para-hydroxylation sites is 1. The molecule has 3 aromatic rings. The summed E-state index contributed by atoms with van der Waals surface area (Å²) in [5.74, 6) is 1.35. The number of benzene rings is 2. The Balaban J connectivity index is 0.00000272. The lowest BCUT2D eigenvalue weighted by atomic mass is 10.1. The number of methoxy groups -OCH3 is 2. The van der Waals surface area contributed by atoms with E-state index in [1.165, 1.54) is 16.5 Å². The van der Waals surface area contributed by atoms with Gasteiger partial charge in [-0.05, 0) is 55.8 Å². The molecule has 1 aliphatic heterocycles. The molecule has 0 saturated carbocycles. The van der Waals surface area contributed by atoms with Crippen LogP contribution in [0.25, 0.3) is 10.9 Å². The zero-order chi connectivity index (χ0) is 21.1. The first-order valence-electron chi connectivity index (χ1n) is 10.4. The van der Waals surface area contributed by atoms with Gasteiger partial charge < -0.3 is 24.3 Å². The second kappa shape index (κ2) is 10.1. The van der Waals surface area contributed by atoms with E-state index in [2.05, 4.69) is 47.4 Å². The van der Waals surface area contributed by atoms with Crippen LogP contribution < -0.4 is 9.47 Å². The van der Waals surface area contributed by atoms with Crippen LogP contribution in [0.2, 0.25) is 0 Å². The second-order valence-electron chi connectivity index (χ2n) is 7.86. The molecule has 0 bridgehead atoms. The lowest BCUT2D eigenvalue weighted by Crippen LogP contribution is -2.29. The highest BCUT2D eigenvalue weighted by Gasteiger charge is 2.29. The van der Waals surface area contributed by atoms with Crippen LogP contribution in [-0.4, -0.2) is 61.6 Å². The molecule has 1 amide bonds. The maximum atomic E-state index is 12.8. The van der Waals surface area contributed by atoms with E-state index in [0.717, 1.165) is 43.6 Å². The Labute approximate surface area is 189 Å². The summed E-state index contributed by atoms with van der Waals surface area (Å²) in [5.41, 5.74) is 4.27. The van der Waals surface area contributed by atoms with Crippen molar-refractivity contribution in [3.8, 4) is 11.5 Å². The van der Waals surface area contributed by atoms with Gasteiger partial charge in [0.15, 0.2) is 11.5 Å². The third-order valence-corrected chi connectivity index (χ3v) is 5.89. The fourth-order valence-electron chi connectivity index (χ4n) is 4.17. The van der Waals surface area contributed by atoms with Crippen molar-refractivity contribution in [1.82, 2.24) is 14.8 Å². The molecule has 7 heteroatoms. The Bertz CT molecular complexity index is 1050. The van der Waals surface area contributed by atoms with E-state index in [1.54, 1.807) is 20.3 Å². The van der Waals surface area contributed by atoms with Gasteiger partial charge in [0.25, 0.3) is 5.91 Å². The number of likely N-dealkylation sites (N-methyl/N-ethyl adjacent to an activating group) is 1. The minimum Gasteiger partial charge on any atom is -0.493 e. The molecule has 1 N–H and O–H groups in total. The molecule has 4 rings (SSSR count). The number of hydrogen-bond donors (Lipinski definition) is 1. The monoisotopic (exact) mass is 443 g/mol. The highest BCUT2D eigenvalue weighted by atomic mass is 35.5. The molecule has 1 aromatic heterocycles. The predicted octanol–water partition coefficient (Wildman–Crippen LogP) is 4.13. The molecule has 0 saturated heterocycles. The van der Waals surface area contributed by atoms with Gasteiger partial charge in [-0.1, -0.05) is 18.2 Å². The first-order chi connectivity index (χ1) is 14.6. The lowest BCUT2D eigenvalue weighted by Gasteiger charge is -2.20. The summed E-state index contributed by atoms with van der Waals surface area (Å²) in [6.45, 7) is 3.32. The molecule has 2 heterocycles. The van der Waals surface area contributed by atoms with Crippen LogP contribution in [0.1, 0.15) is 27.9 Å². The van der Waals surface area contributed by atoms with Gasteiger partial charge in [-0.15, -0.1) is 12.4 Å². The van der Waals surface area contributed by atoms with Crippen LogP contribution in [0.5, 0.6) is 11.5 Å². The number of H-pyrrole nitrogens is 1. The van der Waals surface area contributed by atoms with Gasteiger partial charge in [0.1, 0.15) is 0 Å². The van der Waals surface area contributed by atoms with Crippen molar-refractivity contribution in [2.75, 3.05) is 40.9 Å². The minimum absolute atomic E-state index is 0. The maximum absolute atomic E-state index is 12.8. The van der Waals surface area contributed by atoms with Crippen LogP contribution in [0, 0.1) is 0 Å². The molecule has 0 fully saturated rings. The van der Waals surface area contributed by atoms with Gasteiger partial charge in [-0.25, -0.2) is 0 Å². The number of nitrogens with one attached hydrogen (secondary N) is 1. The number of fused-ring (bicyclic) bond motifs is 2. The molecule has 31 heavy (non-hydrogen) atoms. The topological polar surface area (TPSA) is 57.8 Å². The van der Waals surface area contributed by atoms with Crippen molar-refractivity contribution >= 4 is 29.2 Å². The number of amides is 1. The molecule has 0 radical (unpaired) electrons. The molecule has 166 valence electrons. The van der Waals surface area contributed by atoms with Gasteiger partial charge in [0.2, 0.25) is 0 Å². The third kappa shape index (κ3) is 4.81. The van der Waals surface area contributed by atoms with Gasteiger partial charge in [-0.2, -0.15) is 0 Å². The van der Waals surface area contributed by atoms with Crippen molar-refractivity contribution in [3.05, 3.63) is 59.3 Å². The number of halogens is 1. The summed E-state index contributed by atoms with van der Waals surface area (Å²) in [6, 6.07) is 12.1. The van der Waals surface area contributed by atoms with Crippen LogP contribution in [-0.2, 0) is 13.0 Å². The van der Waals surface area contributed by atoms with E-state index in [4.69, 9.17) is 9.47 Å². The first kappa shape index (κ1) is 23.0. The highest BCUT2D eigenvalue weighted by molar-refractivity contribution is 5.99. The average Bonchev–Trinajstić information content (AvgIpc) is 3.32. The standard InChI is InChI=1S/C24H29N3O3.ClH/c1-26(12-9-17-15-25-21-8-5-4-7-19(17)21)10-6-11-27-16-18-13-22(29-2)23(30-3)14-20(18)24(27)28;/h4-5,7-8,13-15,25H,6,9-12,16H2,1-3H3;1H. The quantitative estimate of drug-likeness (QED) is 0.540. The number of ether oxygens (including phenoxy) is 2. The Morgan fingerprint density at radius 3 is 2.61 bits per heavy atom. The van der Waals surface area contributed by atoms with Gasteiger partial charge in [-0.3, -0.25) is 4.79 Å².